The lowest BCUT2D eigenvalue weighted by atomic mass is 10.3. The van der Waals surface area contributed by atoms with E-state index in [2.05, 4.69) is 16.6 Å². The zero-order valence-corrected chi connectivity index (χ0v) is 7.40. The Morgan fingerprint density at radius 3 is 2.54 bits per heavy atom. The van der Waals surface area contributed by atoms with Gasteiger partial charge in [-0.25, -0.2) is 9.59 Å². The first-order chi connectivity index (χ1) is 6.11. The molecule has 0 spiro atoms. The summed E-state index contributed by atoms with van der Waals surface area (Å²) >= 11 is 0. The molecule has 0 heterocycles. The average Bonchev–Trinajstić information content (AvgIpc) is 2.04. The van der Waals surface area contributed by atoms with Crippen LogP contribution in [0.15, 0.2) is 12.2 Å². The molecule has 1 N–H and O–H groups in total. The quantitative estimate of drug-likeness (QED) is 0.394. The highest BCUT2D eigenvalue weighted by Gasteiger charge is 2.17. The molecule has 70 valence electrons. The van der Waals surface area contributed by atoms with Gasteiger partial charge in [0.05, 0.1) is 0 Å². The summed E-state index contributed by atoms with van der Waals surface area (Å²) in [6, 6.07) is 0. The molecular weight excluding hydrogens is 172 g/mol. The van der Waals surface area contributed by atoms with E-state index in [9.17, 15) is 9.59 Å². The molecule has 1 atom stereocenters. The third kappa shape index (κ3) is 4.64. The fraction of sp³-hybridized carbons (Fsp3) is 0.333. The molecule has 0 rings (SSSR count). The van der Waals surface area contributed by atoms with Gasteiger partial charge in [-0.2, -0.15) is 0 Å². The van der Waals surface area contributed by atoms with E-state index in [1.54, 1.807) is 6.92 Å². The molecule has 0 bridgehead atoms. The number of allylic oxidation sites excluding steroid dienone is 1. The number of aliphatic carboxylic acids is 1. The van der Waals surface area contributed by atoms with Crippen molar-refractivity contribution in [1.29, 1.82) is 0 Å². The summed E-state index contributed by atoms with van der Waals surface area (Å²) in [5.41, 5.74) is 0. The summed E-state index contributed by atoms with van der Waals surface area (Å²) in [7, 11) is 0. The van der Waals surface area contributed by atoms with Crippen molar-refractivity contribution >= 4 is 11.9 Å². The molecule has 0 aliphatic carbocycles. The van der Waals surface area contributed by atoms with Crippen LogP contribution in [0.4, 0.5) is 0 Å². The van der Waals surface area contributed by atoms with Gasteiger partial charge in [-0.1, -0.05) is 6.08 Å². The van der Waals surface area contributed by atoms with E-state index in [-0.39, 0.29) is 0 Å². The Bertz CT molecular complexity index is 280. The Morgan fingerprint density at radius 1 is 1.54 bits per heavy atom. The largest absolute Gasteiger partial charge is 0.478 e. The second kappa shape index (κ2) is 5.84. The summed E-state index contributed by atoms with van der Waals surface area (Å²) in [6.07, 6.45) is 1.21. The number of carbonyl (C=O) groups excluding carboxylic acids is 1. The van der Waals surface area contributed by atoms with Gasteiger partial charge in [-0.15, -0.1) is 5.92 Å². The van der Waals surface area contributed by atoms with E-state index >= 15 is 0 Å². The minimum atomic E-state index is -1.38. The first-order valence-electron chi connectivity index (χ1n) is 3.60. The van der Waals surface area contributed by atoms with E-state index in [4.69, 9.17) is 5.11 Å². The first kappa shape index (κ1) is 11.2. The van der Waals surface area contributed by atoms with Crippen LogP contribution in [0.1, 0.15) is 13.8 Å². The fourth-order valence-electron chi connectivity index (χ4n) is 0.564. The van der Waals surface area contributed by atoms with Crippen LogP contribution in [-0.4, -0.2) is 23.1 Å². The van der Waals surface area contributed by atoms with Crippen molar-refractivity contribution in [1.82, 2.24) is 0 Å². The van der Waals surface area contributed by atoms with Gasteiger partial charge in [-0.3, -0.25) is 0 Å². The summed E-state index contributed by atoms with van der Waals surface area (Å²) in [4.78, 5) is 21.2. The Labute approximate surface area is 76.2 Å². The van der Waals surface area contributed by atoms with Crippen LogP contribution in [0, 0.1) is 11.8 Å². The first-order valence-corrected chi connectivity index (χ1v) is 3.60. The number of rotatable bonds is 3. The highest BCUT2D eigenvalue weighted by molar-refractivity contribution is 5.86. The van der Waals surface area contributed by atoms with Crippen LogP contribution in [0.2, 0.25) is 0 Å². The summed E-state index contributed by atoms with van der Waals surface area (Å²) in [5.74, 6) is 2.63. The number of carboxylic acids is 1. The molecule has 13 heavy (non-hydrogen) atoms. The molecule has 0 radical (unpaired) electrons. The topological polar surface area (TPSA) is 63.6 Å². The van der Waals surface area contributed by atoms with Crippen molar-refractivity contribution in [2.24, 2.45) is 0 Å². The molecule has 4 heteroatoms. The minimum Gasteiger partial charge on any atom is -0.478 e. The van der Waals surface area contributed by atoms with Crippen LogP contribution in [0.25, 0.3) is 0 Å². The molecule has 0 aromatic carbocycles. The average molecular weight is 182 g/mol. The van der Waals surface area contributed by atoms with Crippen molar-refractivity contribution in [3.8, 4) is 11.8 Å². The molecule has 0 amide bonds. The minimum absolute atomic E-state index is 0.711. The molecule has 0 aromatic heterocycles. The third-order valence-electron chi connectivity index (χ3n) is 1.04. The van der Waals surface area contributed by atoms with Gasteiger partial charge in [0.15, 0.2) is 0 Å². The highest BCUT2D eigenvalue weighted by atomic mass is 16.6. The van der Waals surface area contributed by atoms with E-state index in [1.165, 1.54) is 13.0 Å². The van der Waals surface area contributed by atoms with Crippen molar-refractivity contribution in [3.63, 3.8) is 0 Å². The van der Waals surface area contributed by atoms with E-state index in [1.807, 2.05) is 0 Å². The number of hydrogen-bond donors (Lipinski definition) is 1. The standard InChI is InChI=1S/C9H10O4/c1-3-5-7(9(11)12)13-8(10)6-4-2/h4,6-7H,1-2H3,(H,11,12). The Morgan fingerprint density at radius 2 is 2.15 bits per heavy atom. The molecule has 0 saturated carbocycles. The molecule has 0 aliphatic heterocycles. The predicted octanol–water partition coefficient (Wildman–Crippen LogP) is 0.582. The van der Waals surface area contributed by atoms with Crippen LogP contribution < -0.4 is 0 Å². The number of esters is 1. The van der Waals surface area contributed by atoms with Gasteiger partial charge >= 0.3 is 11.9 Å². The summed E-state index contributed by atoms with van der Waals surface area (Å²) in [6.45, 7) is 3.10. The molecule has 4 nitrogen and oxygen atoms in total. The van der Waals surface area contributed by atoms with Crippen LogP contribution in [0.3, 0.4) is 0 Å². The van der Waals surface area contributed by atoms with Crippen molar-refractivity contribution in [2.45, 2.75) is 20.0 Å². The van der Waals surface area contributed by atoms with Gasteiger partial charge in [0.2, 0.25) is 0 Å². The van der Waals surface area contributed by atoms with Crippen molar-refractivity contribution in [3.05, 3.63) is 12.2 Å². The lowest BCUT2D eigenvalue weighted by Gasteiger charge is -2.04. The monoisotopic (exact) mass is 182 g/mol. The Balaban J connectivity index is 4.32. The zero-order valence-electron chi connectivity index (χ0n) is 7.40. The number of carboxylic acid groups (broad SMARTS) is 1. The van der Waals surface area contributed by atoms with Gasteiger partial charge in [0, 0.05) is 6.08 Å². The molecule has 1 unspecified atom stereocenters. The number of ether oxygens (including phenoxy) is 1. The van der Waals surface area contributed by atoms with Gasteiger partial charge in [0.25, 0.3) is 6.10 Å². The lowest BCUT2D eigenvalue weighted by Crippen LogP contribution is -2.24. The van der Waals surface area contributed by atoms with E-state index in [0.717, 1.165) is 6.08 Å². The van der Waals surface area contributed by atoms with E-state index in [0.29, 0.717) is 0 Å². The maximum absolute atomic E-state index is 10.8. The smallest absolute Gasteiger partial charge is 0.357 e. The zero-order chi connectivity index (χ0) is 10.3. The van der Waals surface area contributed by atoms with Crippen LogP contribution in [0.5, 0.6) is 0 Å². The number of hydrogen-bond acceptors (Lipinski definition) is 3. The lowest BCUT2D eigenvalue weighted by molar-refractivity contribution is -0.156. The SMILES string of the molecule is CC#CC(OC(=O)C=CC)C(=O)O. The fourth-order valence-corrected chi connectivity index (χ4v) is 0.564. The Kier molecular flexibility index (Phi) is 5.05. The molecule has 0 aliphatic rings. The summed E-state index contributed by atoms with van der Waals surface area (Å²) < 4.78 is 4.49. The molecule has 0 fully saturated rings. The summed E-state index contributed by atoms with van der Waals surface area (Å²) in [5, 5.41) is 8.52. The van der Waals surface area contributed by atoms with Crippen LogP contribution >= 0.6 is 0 Å². The van der Waals surface area contributed by atoms with Crippen LogP contribution in [-0.2, 0) is 14.3 Å². The number of carbonyl (C=O) groups is 2. The van der Waals surface area contributed by atoms with Gasteiger partial charge < -0.3 is 9.84 Å². The normalized spacial score (nSPS) is 11.5. The van der Waals surface area contributed by atoms with Crippen molar-refractivity contribution in [2.75, 3.05) is 0 Å². The second-order valence-corrected chi connectivity index (χ2v) is 2.05. The molecular formula is C9H10O4. The van der Waals surface area contributed by atoms with Gasteiger partial charge in [0.1, 0.15) is 0 Å². The van der Waals surface area contributed by atoms with Crippen molar-refractivity contribution < 1.29 is 19.4 Å². The maximum Gasteiger partial charge on any atom is 0.357 e. The van der Waals surface area contributed by atoms with E-state index < -0.39 is 18.0 Å². The highest BCUT2D eigenvalue weighted by Crippen LogP contribution is 1.93. The Hall–Kier alpha value is -1.76. The maximum atomic E-state index is 10.8. The third-order valence-corrected chi connectivity index (χ3v) is 1.04. The van der Waals surface area contributed by atoms with Gasteiger partial charge in [-0.05, 0) is 19.8 Å². The second-order valence-electron chi connectivity index (χ2n) is 2.05. The predicted molar refractivity (Wildman–Crippen MR) is 45.8 cm³/mol. The molecule has 0 aromatic rings. The molecule has 0 saturated heterocycles.